The standard InChI is InChI=1S/C13H23BINO2/c14-13-7-16(15)6-10(18-13)8-17-12-5-4-11(12)9-2-1-3-9/h9-13H,1-8,14H2. The minimum absolute atomic E-state index is 0.272. The minimum atomic E-state index is 0.272. The van der Waals surface area contributed by atoms with Gasteiger partial charge in [-0.1, -0.05) is 19.3 Å². The van der Waals surface area contributed by atoms with E-state index in [-0.39, 0.29) is 6.10 Å². The average molecular weight is 363 g/mol. The topological polar surface area (TPSA) is 21.7 Å². The van der Waals surface area contributed by atoms with E-state index in [1.54, 1.807) is 0 Å². The average Bonchev–Trinajstić information content (AvgIpc) is 2.20. The van der Waals surface area contributed by atoms with E-state index in [2.05, 4.69) is 33.8 Å². The summed E-state index contributed by atoms with van der Waals surface area (Å²) in [6.07, 6.45) is 7.83. The Morgan fingerprint density at radius 2 is 2.06 bits per heavy atom. The van der Waals surface area contributed by atoms with E-state index >= 15 is 0 Å². The number of halogens is 1. The molecule has 1 aliphatic heterocycles. The Labute approximate surface area is 125 Å². The third-order valence-electron chi connectivity index (χ3n) is 4.80. The SMILES string of the molecule is BC1CN(I)CC(COC2CCC2C2CCC2)O1. The van der Waals surface area contributed by atoms with Gasteiger partial charge in [0, 0.05) is 42.0 Å². The van der Waals surface area contributed by atoms with Gasteiger partial charge < -0.3 is 9.47 Å². The van der Waals surface area contributed by atoms with Crippen molar-refractivity contribution < 1.29 is 9.47 Å². The third-order valence-corrected chi connectivity index (χ3v) is 5.58. The second kappa shape index (κ2) is 5.98. The minimum Gasteiger partial charge on any atom is -0.379 e. The highest BCUT2D eigenvalue weighted by atomic mass is 127. The molecule has 0 N–H and O–H groups in total. The van der Waals surface area contributed by atoms with E-state index in [9.17, 15) is 0 Å². The predicted octanol–water partition coefficient (Wildman–Crippen LogP) is 1.59. The molecule has 3 aliphatic rings. The molecule has 0 aromatic carbocycles. The molecule has 0 radical (unpaired) electrons. The molecule has 4 atom stereocenters. The number of nitrogens with zero attached hydrogens (tertiary/aromatic N) is 1. The van der Waals surface area contributed by atoms with Gasteiger partial charge in [0.2, 0.25) is 0 Å². The number of hydrogen-bond acceptors (Lipinski definition) is 3. The molecule has 1 saturated heterocycles. The van der Waals surface area contributed by atoms with Crippen molar-refractivity contribution in [1.29, 1.82) is 0 Å². The molecule has 2 aliphatic carbocycles. The van der Waals surface area contributed by atoms with Crippen LogP contribution in [0, 0.1) is 11.8 Å². The Kier molecular flexibility index (Phi) is 4.53. The lowest BCUT2D eigenvalue weighted by Gasteiger charge is -2.46. The molecule has 0 aromatic rings. The maximum Gasteiger partial charge on any atom is 0.140 e. The summed E-state index contributed by atoms with van der Waals surface area (Å²) in [7, 11) is 2.15. The van der Waals surface area contributed by atoms with Crippen LogP contribution >= 0.6 is 22.9 Å². The van der Waals surface area contributed by atoms with E-state index in [1.807, 2.05) is 0 Å². The first-order valence-electron chi connectivity index (χ1n) is 7.40. The van der Waals surface area contributed by atoms with Crippen LogP contribution in [0.4, 0.5) is 0 Å². The zero-order valence-electron chi connectivity index (χ0n) is 11.2. The highest BCUT2D eigenvalue weighted by Crippen LogP contribution is 2.45. The lowest BCUT2D eigenvalue weighted by atomic mass is 9.65. The lowest BCUT2D eigenvalue weighted by molar-refractivity contribution is -0.128. The molecule has 3 rings (SSSR count). The van der Waals surface area contributed by atoms with E-state index in [0.29, 0.717) is 12.1 Å². The summed E-state index contributed by atoms with van der Waals surface area (Å²) in [5.74, 6) is 1.85. The van der Waals surface area contributed by atoms with Gasteiger partial charge in [0.1, 0.15) is 7.85 Å². The van der Waals surface area contributed by atoms with E-state index in [4.69, 9.17) is 9.47 Å². The quantitative estimate of drug-likeness (QED) is 0.430. The van der Waals surface area contributed by atoms with Crippen molar-refractivity contribution in [3.63, 3.8) is 0 Å². The molecular formula is C13H23BINO2. The van der Waals surface area contributed by atoms with Crippen LogP contribution in [0.3, 0.4) is 0 Å². The molecule has 3 fully saturated rings. The molecule has 0 bridgehead atoms. The summed E-state index contributed by atoms with van der Waals surface area (Å²) in [6.45, 7) is 2.83. The van der Waals surface area contributed by atoms with Crippen LogP contribution in [0.25, 0.3) is 0 Å². The number of ether oxygens (including phenoxy) is 2. The molecule has 102 valence electrons. The second-order valence-corrected chi connectivity index (χ2v) is 7.57. The molecule has 4 unspecified atom stereocenters. The normalized spacial score (nSPS) is 42.3. The number of morpholine rings is 1. The fourth-order valence-corrected chi connectivity index (χ4v) is 4.42. The molecule has 2 saturated carbocycles. The summed E-state index contributed by atoms with van der Waals surface area (Å²) in [5, 5.41) is 0. The predicted molar refractivity (Wildman–Crippen MR) is 82.6 cm³/mol. The van der Waals surface area contributed by atoms with Crippen molar-refractivity contribution in [2.75, 3.05) is 19.7 Å². The molecule has 0 amide bonds. The Balaban J connectivity index is 1.41. The highest BCUT2D eigenvalue weighted by molar-refractivity contribution is 14.1. The van der Waals surface area contributed by atoms with Gasteiger partial charge in [0.05, 0.1) is 18.8 Å². The van der Waals surface area contributed by atoms with Gasteiger partial charge in [-0.15, -0.1) is 0 Å². The summed E-state index contributed by atoms with van der Waals surface area (Å²) < 4.78 is 14.4. The van der Waals surface area contributed by atoms with Gasteiger partial charge in [-0.3, -0.25) is 0 Å². The van der Waals surface area contributed by atoms with Crippen LogP contribution in [0.5, 0.6) is 0 Å². The highest BCUT2D eigenvalue weighted by Gasteiger charge is 2.40. The van der Waals surface area contributed by atoms with Crippen molar-refractivity contribution in [2.45, 2.75) is 50.3 Å². The van der Waals surface area contributed by atoms with Crippen molar-refractivity contribution in [1.82, 2.24) is 3.11 Å². The molecule has 1 heterocycles. The fraction of sp³-hybridized carbons (Fsp3) is 1.00. The largest absolute Gasteiger partial charge is 0.379 e. The van der Waals surface area contributed by atoms with E-state index < -0.39 is 0 Å². The summed E-state index contributed by atoms with van der Waals surface area (Å²) >= 11 is 2.40. The van der Waals surface area contributed by atoms with Crippen molar-refractivity contribution in [2.24, 2.45) is 11.8 Å². The van der Waals surface area contributed by atoms with E-state index in [0.717, 1.165) is 31.5 Å². The van der Waals surface area contributed by atoms with Crippen molar-refractivity contribution in [3.05, 3.63) is 0 Å². The fourth-order valence-electron chi connectivity index (χ4n) is 3.42. The van der Waals surface area contributed by atoms with Crippen LogP contribution < -0.4 is 0 Å². The summed E-state index contributed by atoms with van der Waals surface area (Å²) in [6, 6.07) is 0.341. The van der Waals surface area contributed by atoms with Gasteiger partial charge in [0.25, 0.3) is 0 Å². The van der Waals surface area contributed by atoms with Crippen LogP contribution in [-0.2, 0) is 9.47 Å². The molecule has 18 heavy (non-hydrogen) atoms. The Morgan fingerprint density at radius 1 is 1.22 bits per heavy atom. The zero-order chi connectivity index (χ0) is 12.5. The molecular weight excluding hydrogens is 340 g/mol. The zero-order valence-corrected chi connectivity index (χ0v) is 13.3. The maximum absolute atomic E-state index is 6.13. The van der Waals surface area contributed by atoms with Crippen molar-refractivity contribution >= 4 is 30.7 Å². The van der Waals surface area contributed by atoms with Crippen LogP contribution in [0.1, 0.15) is 32.1 Å². The maximum atomic E-state index is 6.13. The molecule has 0 spiro atoms. The van der Waals surface area contributed by atoms with Crippen LogP contribution in [0.15, 0.2) is 0 Å². The first-order valence-corrected chi connectivity index (χ1v) is 8.36. The molecule has 0 aromatic heterocycles. The van der Waals surface area contributed by atoms with E-state index in [1.165, 1.54) is 32.1 Å². The van der Waals surface area contributed by atoms with Gasteiger partial charge in [0.15, 0.2) is 0 Å². The first-order chi connectivity index (χ1) is 8.72. The smallest absolute Gasteiger partial charge is 0.140 e. The van der Waals surface area contributed by atoms with Gasteiger partial charge in [-0.2, -0.15) is 0 Å². The Hall–Kier alpha value is 0.675. The molecule has 5 heteroatoms. The summed E-state index contributed by atoms with van der Waals surface area (Å²) in [5.41, 5.74) is 0. The Morgan fingerprint density at radius 3 is 2.61 bits per heavy atom. The van der Waals surface area contributed by atoms with Crippen LogP contribution in [0.2, 0.25) is 0 Å². The summed E-state index contributed by atoms with van der Waals surface area (Å²) in [4.78, 5) is 0. The monoisotopic (exact) mass is 363 g/mol. The lowest BCUT2D eigenvalue weighted by Crippen LogP contribution is -2.48. The number of rotatable bonds is 4. The van der Waals surface area contributed by atoms with Gasteiger partial charge in [-0.25, -0.2) is 3.11 Å². The van der Waals surface area contributed by atoms with Crippen molar-refractivity contribution in [3.8, 4) is 0 Å². The number of hydrogen-bond donors (Lipinski definition) is 0. The second-order valence-electron chi connectivity index (χ2n) is 6.20. The Bertz CT molecular complexity index is 280. The molecule has 3 nitrogen and oxygen atoms in total. The van der Waals surface area contributed by atoms with Gasteiger partial charge in [-0.05, 0) is 24.7 Å². The third kappa shape index (κ3) is 3.05. The van der Waals surface area contributed by atoms with Gasteiger partial charge >= 0.3 is 0 Å². The van der Waals surface area contributed by atoms with Crippen LogP contribution in [-0.4, -0.2) is 48.9 Å². The first kappa shape index (κ1) is 13.6.